The quantitative estimate of drug-likeness (QED) is 0.243. The summed E-state index contributed by atoms with van der Waals surface area (Å²) in [4.78, 5) is 66.0. The molecule has 0 spiro atoms. The number of phenols is 1. The Bertz CT molecular complexity index is 1990. The number of phenolic OH excluding ortho intramolecular Hbond substituents is 1. The van der Waals surface area contributed by atoms with Crippen molar-refractivity contribution in [1.82, 2.24) is 19.6 Å². The fourth-order valence-electron chi connectivity index (χ4n) is 11.0. The Hall–Kier alpha value is -4.80. The summed E-state index contributed by atoms with van der Waals surface area (Å²) < 4.78 is 5.52. The predicted octanol–water partition coefficient (Wildman–Crippen LogP) is 5.37. The average Bonchev–Trinajstić information content (AvgIpc) is 3.62. The highest BCUT2D eigenvalue weighted by atomic mass is 16.5. The Labute approximate surface area is 322 Å². The van der Waals surface area contributed by atoms with Gasteiger partial charge in [-0.1, -0.05) is 84.4 Å². The zero-order valence-electron chi connectivity index (χ0n) is 31.5. The molecule has 2 aliphatic carbocycles. The lowest BCUT2D eigenvalue weighted by atomic mass is 9.57. The number of amides is 4. The number of carbonyl (C=O) groups excluding carboxylic acids is 4. The lowest BCUT2D eigenvalue weighted by molar-refractivity contribution is -0.146. The molecule has 10 nitrogen and oxygen atoms in total. The minimum absolute atomic E-state index is 0.0527. The van der Waals surface area contributed by atoms with Crippen molar-refractivity contribution in [3.05, 3.63) is 107 Å². The van der Waals surface area contributed by atoms with Gasteiger partial charge < -0.3 is 9.84 Å². The van der Waals surface area contributed by atoms with Crippen molar-refractivity contribution in [2.75, 3.05) is 33.3 Å². The van der Waals surface area contributed by atoms with Crippen LogP contribution in [-0.4, -0.2) is 93.7 Å². The van der Waals surface area contributed by atoms with Crippen LogP contribution in [0.15, 0.2) is 90.5 Å². The summed E-state index contributed by atoms with van der Waals surface area (Å²) in [5, 5.41) is 11.6. The number of fused-ring (bicyclic) bond motifs is 4. The van der Waals surface area contributed by atoms with E-state index in [2.05, 4.69) is 40.1 Å². The molecule has 6 unspecified atom stereocenters. The van der Waals surface area contributed by atoms with Gasteiger partial charge in [-0.25, -0.2) is 0 Å². The van der Waals surface area contributed by atoms with Crippen molar-refractivity contribution < 1.29 is 29.0 Å². The molecule has 3 aromatic rings. The van der Waals surface area contributed by atoms with Crippen LogP contribution in [0.25, 0.3) is 0 Å². The Morgan fingerprint density at radius 2 is 1.15 bits per heavy atom. The first-order valence-corrected chi connectivity index (χ1v) is 20.1. The van der Waals surface area contributed by atoms with Crippen LogP contribution in [0.2, 0.25) is 0 Å². The van der Waals surface area contributed by atoms with Crippen molar-refractivity contribution in [1.29, 1.82) is 0 Å². The van der Waals surface area contributed by atoms with E-state index in [4.69, 9.17) is 4.74 Å². The number of nitrogens with zero attached hydrogens (tertiary/aromatic N) is 4. The number of carbonyl (C=O) groups is 4. The molecule has 6 aliphatic rings. The van der Waals surface area contributed by atoms with Gasteiger partial charge in [-0.15, -0.1) is 0 Å². The van der Waals surface area contributed by atoms with Gasteiger partial charge >= 0.3 is 0 Å². The molecule has 9 rings (SSSR count). The number of rotatable bonds is 8. The number of imide groups is 2. The molecule has 6 atom stereocenters. The van der Waals surface area contributed by atoms with Crippen molar-refractivity contribution in [3.63, 3.8) is 0 Å². The second kappa shape index (κ2) is 14.7. The first-order chi connectivity index (χ1) is 26.8. The number of ether oxygens (including phenoxy) is 1. The standard InChI is InChI=1S/C45H50N4O6/c1-55-37-14-8-13-33(41(37)50)38-32-15-16-34-39(44(53)48(42(34)51)30-17-21-46(22-18-30)26-28-9-4-2-5-10-28)35(32)25-36-40(38)45(54)49(43(36)52)31-19-23-47(24-20-31)27-29-11-6-3-7-12-29/h2-15,30-31,34-36,38-40,50H,16-27H2,1H3. The summed E-state index contributed by atoms with van der Waals surface area (Å²) >= 11 is 0. The number of hydrogen-bond acceptors (Lipinski definition) is 8. The normalized spacial score (nSPS) is 29.3. The van der Waals surface area contributed by atoms with Gasteiger partial charge in [-0.3, -0.25) is 38.8 Å². The molecule has 10 heteroatoms. The van der Waals surface area contributed by atoms with Crippen LogP contribution >= 0.6 is 0 Å². The first kappa shape index (κ1) is 35.9. The Morgan fingerprint density at radius 3 is 1.69 bits per heavy atom. The van der Waals surface area contributed by atoms with Gasteiger partial charge in [-0.05, 0) is 61.6 Å². The molecule has 55 heavy (non-hydrogen) atoms. The summed E-state index contributed by atoms with van der Waals surface area (Å²) in [7, 11) is 1.50. The molecular weight excluding hydrogens is 693 g/mol. The highest BCUT2D eigenvalue weighted by molar-refractivity contribution is 6.08. The van der Waals surface area contributed by atoms with Crippen LogP contribution in [0.4, 0.5) is 0 Å². The van der Waals surface area contributed by atoms with E-state index < -0.39 is 29.6 Å². The van der Waals surface area contributed by atoms with Gasteiger partial charge in [0.25, 0.3) is 0 Å². The molecule has 5 fully saturated rings. The number of hydrogen-bond donors (Lipinski definition) is 1. The van der Waals surface area contributed by atoms with Crippen LogP contribution in [-0.2, 0) is 32.3 Å². The minimum Gasteiger partial charge on any atom is -0.504 e. The lowest BCUT2D eigenvalue weighted by Gasteiger charge is -2.44. The third kappa shape index (κ3) is 6.27. The van der Waals surface area contributed by atoms with Crippen molar-refractivity contribution in [3.8, 4) is 11.5 Å². The lowest BCUT2D eigenvalue weighted by Crippen LogP contribution is -2.48. The van der Waals surface area contributed by atoms with Crippen molar-refractivity contribution in [2.45, 2.75) is 69.6 Å². The van der Waals surface area contributed by atoms with E-state index in [9.17, 15) is 24.3 Å². The van der Waals surface area contributed by atoms with Crippen LogP contribution in [0.5, 0.6) is 11.5 Å². The first-order valence-electron chi connectivity index (χ1n) is 20.1. The monoisotopic (exact) mass is 742 g/mol. The van der Waals surface area contributed by atoms with E-state index in [1.807, 2.05) is 42.5 Å². The van der Waals surface area contributed by atoms with E-state index in [1.54, 1.807) is 21.9 Å². The summed E-state index contributed by atoms with van der Waals surface area (Å²) in [6.07, 6.45) is 5.65. The molecule has 4 heterocycles. The highest BCUT2D eigenvalue weighted by Crippen LogP contribution is 2.60. The average molecular weight is 743 g/mol. The minimum atomic E-state index is -0.704. The van der Waals surface area contributed by atoms with E-state index >= 15 is 0 Å². The number of aromatic hydroxyl groups is 1. The molecule has 0 aromatic heterocycles. The van der Waals surface area contributed by atoms with Gasteiger partial charge in [0.2, 0.25) is 23.6 Å². The number of allylic oxidation sites excluding steroid dienone is 2. The van der Waals surface area contributed by atoms with E-state index in [-0.39, 0.29) is 47.4 Å². The number of piperidine rings is 2. The maximum absolute atomic E-state index is 14.7. The van der Waals surface area contributed by atoms with Crippen LogP contribution in [0.3, 0.4) is 0 Å². The molecular formula is C45H50N4O6. The molecule has 0 radical (unpaired) electrons. The molecule has 1 saturated carbocycles. The van der Waals surface area contributed by atoms with Gasteiger partial charge in [0.05, 0.1) is 30.8 Å². The molecule has 0 bridgehead atoms. The number of para-hydroxylation sites is 1. The van der Waals surface area contributed by atoms with E-state index in [0.29, 0.717) is 37.0 Å². The molecule has 286 valence electrons. The Balaban J connectivity index is 0.978. The fourth-order valence-corrected chi connectivity index (χ4v) is 11.0. The molecule has 3 aromatic carbocycles. The molecule has 4 saturated heterocycles. The van der Waals surface area contributed by atoms with E-state index in [0.717, 1.165) is 57.7 Å². The molecule has 4 aliphatic heterocycles. The van der Waals surface area contributed by atoms with E-state index in [1.165, 1.54) is 18.2 Å². The van der Waals surface area contributed by atoms with Crippen LogP contribution in [0.1, 0.15) is 61.1 Å². The number of likely N-dealkylation sites (tertiary alicyclic amines) is 4. The summed E-state index contributed by atoms with van der Waals surface area (Å²) in [6, 6.07) is 25.6. The SMILES string of the molecule is COc1cccc(C2C3=CCC4C(=O)N(C5CCN(Cc6ccccc6)CC5)C(=O)C4C3CC3C(=O)N(C4CCN(Cc5ccccc5)CC4)C(=O)C32)c1O. The smallest absolute Gasteiger partial charge is 0.234 e. The maximum Gasteiger partial charge on any atom is 0.234 e. The third-order valence-corrected chi connectivity index (χ3v) is 13.6. The molecule has 1 N–H and O–H groups in total. The summed E-state index contributed by atoms with van der Waals surface area (Å²) in [5.74, 6) is -3.81. The molecule has 4 amide bonds. The van der Waals surface area contributed by atoms with Gasteiger partial charge in [0, 0.05) is 62.8 Å². The maximum atomic E-state index is 14.7. The number of methoxy groups -OCH3 is 1. The van der Waals surface area contributed by atoms with Crippen LogP contribution in [0, 0.1) is 29.6 Å². The van der Waals surface area contributed by atoms with Crippen LogP contribution < -0.4 is 4.74 Å². The predicted molar refractivity (Wildman–Crippen MR) is 205 cm³/mol. The highest BCUT2D eigenvalue weighted by Gasteiger charge is 2.63. The summed E-state index contributed by atoms with van der Waals surface area (Å²) in [6.45, 7) is 4.83. The topological polar surface area (TPSA) is 111 Å². The largest absolute Gasteiger partial charge is 0.504 e. The third-order valence-electron chi connectivity index (χ3n) is 13.6. The number of benzene rings is 3. The Morgan fingerprint density at radius 1 is 0.618 bits per heavy atom. The van der Waals surface area contributed by atoms with Gasteiger partial charge in [-0.2, -0.15) is 0 Å². The zero-order chi connectivity index (χ0) is 37.8. The second-order valence-electron chi connectivity index (χ2n) is 16.5. The van der Waals surface area contributed by atoms with Crippen molar-refractivity contribution in [2.24, 2.45) is 29.6 Å². The zero-order valence-corrected chi connectivity index (χ0v) is 31.5. The fraction of sp³-hybridized carbons (Fsp3) is 0.467. The summed E-state index contributed by atoms with van der Waals surface area (Å²) in [5.41, 5.74) is 3.91. The second-order valence-corrected chi connectivity index (χ2v) is 16.5. The van der Waals surface area contributed by atoms with Gasteiger partial charge in [0.1, 0.15) is 0 Å². The van der Waals surface area contributed by atoms with Crippen molar-refractivity contribution >= 4 is 23.6 Å². The Kier molecular flexibility index (Phi) is 9.58. The van der Waals surface area contributed by atoms with Gasteiger partial charge in [0.15, 0.2) is 11.5 Å².